The largest absolute Gasteiger partial charge is 0.361 e. The fraction of sp³-hybridized carbons (Fsp3) is 0.615. The van der Waals surface area contributed by atoms with Gasteiger partial charge in [-0.2, -0.15) is 5.26 Å². The highest BCUT2D eigenvalue weighted by atomic mass is 16.5. The highest BCUT2D eigenvalue weighted by Gasteiger charge is 2.45. The lowest BCUT2D eigenvalue weighted by Gasteiger charge is -2.34. The van der Waals surface area contributed by atoms with E-state index in [1.165, 1.54) is 0 Å². The molecular weight excluding hydrogens is 230 g/mol. The van der Waals surface area contributed by atoms with Gasteiger partial charge in [0.05, 0.1) is 17.8 Å². The van der Waals surface area contributed by atoms with Crippen LogP contribution in [-0.4, -0.2) is 11.1 Å². The van der Waals surface area contributed by atoms with Crippen molar-refractivity contribution in [1.29, 1.82) is 5.26 Å². The third-order valence-electron chi connectivity index (χ3n) is 3.72. The van der Waals surface area contributed by atoms with Crippen LogP contribution in [0.4, 0.5) is 0 Å². The summed E-state index contributed by atoms with van der Waals surface area (Å²) in [7, 11) is 0. The van der Waals surface area contributed by atoms with E-state index in [1.807, 2.05) is 20.8 Å². The van der Waals surface area contributed by atoms with Gasteiger partial charge in [0, 0.05) is 5.56 Å². The van der Waals surface area contributed by atoms with Gasteiger partial charge in [0.2, 0.25) is 5.91 Å². The summed E-state index contributed by atoms with van der Waals surface area (Å²) in [5.41, 5.74) is 0.864. The van der Waals surface area contributed by atoms with Crippen molar-refractivity contribution >= 4 is 5.91 Å². The summed E-state index contributed by atoms with van der Waals surface area (Å²) in [6.45, 7) is 5.55. The van der Waals surface area contributed by atoms with Crippen LogP contribution >= 0.6 is 0 Å². The Kier molecular flexibility index (Phi) is 3.12. The lowest BCUT2D eigenvalue weighted by Crippen LogP contribution is -2.45. The summed E-state index contributed by atoms with van der Waals surface area (Å²) in [5.74, 6) is 0.531. The van der Waals surface area contributed by atoms with Gasteiger partial charge in [0.15, 0.2) is 0 Å². The quantitative estimate of drug-likeness (QED) is 0.887. The molecule has 96 valence electrons. The second-order valence-corrected chi connectivity index (χ2v) is 4.98. The molecule has 0 bridgehead atoms. The van der Waals surface area contributed by atoms with E-state index in [2.05, 4.69) is 16.5 Å². The zero-order valence-electron chi connectivity index (χ0n) is 10.9. The molecule has 1 N–H and O–H groups in total. The van der Waals surface area contributed by atoms with Crippen molar-refractivity contribution in [3.05, 3.63) is 17.0 Å². The van der Waals surface area contributed by atoms with Gasteiger partial charge in [0.1, 0.15) is 11.2 Å². The van der Waals surface area contributed by atoms with E-state index in [9.17, 15) is 4.79 Å². The van der Waals surface area contributed by atoms with E-state index in [0.29, 0.717) is 18.6 Å². The molecule has 0 saturated heterocycles. The fourth-order valence-electron chi connectivity index (χ4n) is 2.44. The van der Waals surface area contributed by atoms with Crippen LogP contribution < -0.4 is 5.32 Å². The summed E-state index contributed by atoms with van der Waals surface area (Å²) in [5, 5.41) is 15.9. The first-order chi connectivity index (χ1) is 8.50. The molecule has 1 fully saturated rings. The van der Waals surface area contributed by atoms with Crippen molar-refractivity contribution in [3.63, 3.8) is 0 Å². The first-order valence-corrected chi connectivity index (χ1v) is 6.15. The van der Waals surface area contributed by atoms with E-state index in [1.54, 1.807) is 0 Å². The number of carbonyl (C=O) groups excluding carboxylic acids is 1. The topological polar surface area (TPSA) is 78.9 Å². The number of amides is 1. The van der Waals surface area contributed by atoms with Gasteiger partial charge >= 0.3 is 0 Å². The number of hydrogen-bond donors (Lipinski definition) is 1. The summed E-state index contributed by atoms with van der Waals surface area (Å²) < 4.78 is 5.08. The third-order valence-corrected chi connectivity index (χ3v) is 3.72. The first-order valence-electron chi connectivity index (χ1n) is 6.15. The molecule has 0 spiro atoms. The lowest BCUT2D eigenvalue weighted by molar-refractivity contribution is -0.132. The van der Waals surface area contributed by atoms with Gasteiger partial charge in [0.25, 0.3) is 0 Å². The standard InChI is InChI=1S/C13H17N3O2/c1-8(11-9(2)16-18-10(11)3)15-12(17)13(7-14)5-4-6-13/h8H,4-6H2,1-3H3,(H,15,17). The van der Waals surface area contributed by atoms with Crippen LogP contribution in [0.1, 0.15) is 49.2 Å². The molecule has 1 atom stereocenters. The molecule has 1 amide bonds. The molecule has 18 heavy (non-hydrogen) atoms. The number of nitriles is 1. The van der Waals surface area contributed by atoms with E-state index in [-0.39, 0.29) is 11.9 Å². The summed E-state index contributed by atoms with van der Waals surface area (Å²) in [6.07, 6.45) is 2.26. The van der Waals surface area contributed by atoms with Crippen molar-refractivity contribution in [1.82, 2.24) is 10.5 Å². The van der Waals surface area contributed by atoms with Gasteiger partial charge in [-0.05, 0) is 40.0 Å². The molecule has 1 unspecified atom stereocenters. The van der Waals surface area contributed by atoms with E-state index in [0.717, 1.165) is 17.7 Å². The van der Waals surface area contributed by atoms with E-state index in [4.69, 9.17) is 9.78 Å². The Labute approximate surface area is 106 Å². The van der Waals surface area contributed by atoms with E-state index < -0.39 is 5.41 Å². The Balaban J connectivity index is 2.11. The van der Waals surface area contributed by atoms with E-state index >= 15 is 0 Å². The monoisotopic (exact) mass is 247 g/mol. The molecule has 5 nitrogen and oxygen atoms in total. The molecule has 1 aromatic rings. The Morgan fingerprint density at radius 2 is 2.22 bits per heavy atom. The first kappa shape index (κ1) is 12.6. The van der Waals surface area contributed by atoms with Crippen molar-refractivity contribution in [2.45, 2.75) is 46.1 Å². The molecule has 1 aromatic heterocycles. The van der Waals surface area contributed by atoms with Crippen molar-refractivity contribution in [3.8, 4) is 6.07 Å². The molecule has 0 radical (unpaired) electrons. The minimum absolute atomic E-state index is 0.177. The molecule has 0 aromatic carbocycles. The number of nitrogens with one attached hydrogen (secondary N) is 1. The number of aryl methyl sites for hydroxylation is 2. The molecule has 5 heteroatoms. The normalized spacial score (nSPS) is 18.6. The maximum atomic E-state index is 12.1. The SMILES string of the molecule is Cc1noc(C)c1C(C)NC(=O)C1(C#N)CCC1. The van der Waals surface area contributed by atoms with Gasteiger partial charge in [-0.15, -0.1) is 0 Å². The highest BCUT2D eigenvalue weighted by Crippen LogP contribution is 2.41. The molecular formula is C13H17N3O2. The molecule has 1 saturated carbocycles. The Bertz CT molecular complexity index is 489. The van der Waals surface area contributed by atoms with Gasteiger partial charge < -0.3 is 9.84 Å². The molecule has 1 heterocycles. The summed E-state index contributed by atoms with van der Waals surface area (Å²) in [4.78, 5) is 12.1. The molecule has 0 aliphatic heterocycles. The van der Waals surface area contributed by atoms with Crippen LogP contribution in [0.25, 0.3) is 0 Å². The molecule has 2 rings (SSSR count). The van der Waals surface area contributed by atoms with Crippen LogP contribution in [0.15, 0.2) is 4.52 Å². The smallest absolute Gasteiger partial charge is 0.240 e. The number of carbonyl (C=O) groups is 1. The predicted molar refractivity (Wildman–Crippen MR) is 64.4 cm³/mol. The number of hydrogen-bond acceptors (Lipinski definition) is 4. The predicted octanol–water partition coefficient (Wildman–Crippen LogP) is 2.16. The second kappa shape index (κ2) is 4.45. The minimum Gasteiger partial charge on any atom is -0.361 e. The van der Waals surface area contributed by atoms with Crippen molar-refractivity contribution < 1.29 is 9.32 Å². The number of nitrogens with zero attached hydrogens (tertiary/aromatic N) is 2. The van der Waals surface area contributed by atoms with Crippen LogP contribution in [0, 0.1) is 30.6 Å². The van der Waals surface area contributed by atoms with Crippen LogP contribution in [0.2, 0.25) is 0 Å². The minimum atomic E-state index is -0.812. The zero-order valence-corrected chi connectivity index (χ0v) is 10.9. The maximum Gasteiger partial charge on any atom is 0.240 e. The average Bonchev–Trinajstić information content (AvgIpc) is 2.57. The van der Waals surface area contributed by atoms with Crippen LogP contribution in [-0.2, 0) is 4.79 Å². The highest BCUT2D eigenvalue weighted by molar-refractivity contribution is 5.86. The molecule has 1 aliphatic carbocycles. The number of rotatable bonds is 3. The Morgan fingerprint density at radius 1 is 1.56 bits per heavy atom. The summed E-state index contributed by atoms with van der Waals surface area (Å²) in [6, 6.07) is 1.96. The van der Waals surface area contributed by atoms with Gasteiger partial charge in [-0.25, -0.2) is 0 Å². The second-order valence-electron chi connectivity index (χ2n) is 4.98. The fourth-order valence-corrected chi connectivity index (χ4v) is 2.44. The van der Waals surface area contributed by atoms with Crippen molar-refractivity contribution in [2.75, 3.05) is 0 Å². The number of aromatic nitrogens is 1. The van der Waals surface area contributed by atoms with Gasteiger partial charge in [-0.3, -0.25) is 4.79 Å². The Morgan fingerprint density at radius 3 is 2.61 bits per heavy atom. The van der Waals surface area contributed by atoms with Gasteiger partial charge in [-0.1, -0.05) is 5.16 Å². The molecule has 1 aliphatic rings. The average molecular weight is 247 g/mol. The summed E-state index contributed by atoms with van der Waals surface area (Å²) >= 11 is 0. The van der Waals surface area contributed by atoms with Crippen molar-refractivity contribution in [2.24, 2.45) is 5.41 Å². The Hall–Kier alpha value is -1.83. The third kappa shape index (κ3) is 1.88. The van der Waals surface area contributed by atoms with Crippen LogP contribution in [0.5, 0.6) is 0 Å². The lowest BCUT2D eigenvalue weighted by atomic mass is 9.69. The van der Waals surface area contributed by atoms with Crippen LogP contribution in [0.3, 0.4) is 0 Å². The maximum absolute atomic E-state index is 12.1. The zero-order chi connectivity index (χ0) is 13.3.